The number of para-hydroxylation sites is 1. The number of rotatable bonds is 6. The summed E-state index contributed by atoms with van der Waals surface area (Å²) in [4.78, 5) is 31.9. The van der Waals surface area contributed by atoms with Gasteiger partial charge in [0.2, 0.25) is 0 Å². The first kappa shape index (κ1) is 21.4. The van der Waals surface area contributed by atoms with Crippen LogP contribution in [0.3, 0.4) is 0 Å². The average molecular weight is 441 g/mol. The number of amides is 3. The molecule has 1 unspecified atom stereocenters. The summed E-state index contributed by atoms with van der Waals surface area (Å²) >= 11 is 0. The van der Waals surface area contributed by atoms with Crippen molar-refractivity contribution in [2.24, 2.45) is 5.92 Å². The smallest absolute Gasteiger partial charge is 0.325 e. The van der Waals surface area contributed by atoms with Gasteiger partial charge in [-0.05, 0) is 50.9 Å². The molecule has 8 heteroatoms. The van der Waals surface area contributed by atoms with Crippen LogP contribution in [0.1, 0.15) is 25.5 Å². The number of carbonyl (C=O) groups is 2. The fraction of sp³-hybridized carbons (Fsp3) is 0.583. The molecule has 3 aliphatic heterocycles. The van der Waals surface area contributed by atoms with E-state index in [9.17, 15) is 9.59 Å². The molecule has 3 fully saturated rings. The van der Waals surface area contributed by atoms with Crippen molar-refractivity contribution < 1.29 is 18.7 Å². The number of nitrogens with one attached hydrogen (secondary N) is 1. The van der Waals surface area contributed by atoms with Crippen LogP contribution in [0, 0.1) is 5.92 Å². The lowest BCUT2D eigenvalue weighted by molar-refractivity contribution is -0.133. The SMILES string of the molecule is CC1(C2CCN(Cc3cc4ccccc4o3)CC2)NC(=O)N(CCN2CCOCC2)C1=O. The van der Waals surface area contributed by atoms with Crippen molar-refractivity contribution in [1.29, 1.82) is 0 Å². The standard InChI is InChI=1S/C24H32N4O4/c1-24(22(29)28(23(30)25-24)11-10-26-12-14-31-15-13-26)19-6-8-27(9-7-19)17-20-16-18-4-2-3-5-21(18)32-20/h2-5,16,19H,6-15,17H2,1H3,(H,25,30). The number of carbonyl (C=O) groups excluding carboxylic acids is 2. The van der Waals surface area contributed by atoms with E-state index in [1.807, 2.05) is 25.1 Å². The summed E-state index contributed by atoms with van der Waals surface area (Å²) in [6.07, 6.45) is 1.75. The maximum Gasteiger partial charge on any atom is 0.325 e. The fourth-order valence-corrected chi connectivity index (χ4v) is 5.27. The number of nitrogens with zero attached hydrogens (tertiary/aromatic N) is 3. The second kappa shape index (κ2) is 8.84. The number of fused-ring (bicyclic) bond motifs is 1. The van der Waals surface area contributed by atoms with E-state index < -0.39 is 5.54 Å². The summed E-state index contributed by atoms with van der Waals surface area (Å²) in [5.74, 6) is 1.03. The Morgan fingerprint density at radius 2 is 1.78 bits per heavy atom. The van der Waals surface area contributed by atoms with Gasteiger partial charge in [0.1, 0.15) is 16.9 Å². The van der Waals surface area contributed by atoms with Gasteiger partial charge in [-0.15, -0.1) is 0 Å². The van der Waals surface area contributed by atoms with Crippen molar-refractivity contribution in [2.45, 2.75) is 31.8 Å². The number of urea groups is 1. The summed E-state index contributed by atoms with van der Waals surface area (Å²) in [7, 11) is 0. The summed E-state index contributed by atoms with van der Waals surface area (Å²) in [5.41, 5.74) is 0.106. The van der Waals surface area contributed by atoms with Crippen LogP contribution in [-0.4, -0.2) is 84.7 Å². The van der Waals surface area contributed by atoms with E-state index in [1.54, 1.807) is 0 Å². The van der Waals surface area contributed by atoms with Gasteiger partial charge in [0.05, 0.1) is 19.8 Å². The molecular weight excluding hydrogens is 408 g/mol. The van der Waals surface area contributed by atoms with Crippen LogP contribution in [-0.2, 0) is 16.1 Å². The van der Waals surface area contributed by atoms with Crippen LogP contribution in [0.2, 0.25) is 0 Å². The maximum atomic E-state index is 13.3. The van der Waals surface area contributed by atoms with Crippen LogP contribution in [0.5, 0.6) is 0 Å². The van der Waals surface area contributed by atoms with Crippen LogP contribution < -0.4 is 5.32 Å². The zero-order chi connectivity index (χ0) is 22.1. The van der Waals surface area contributed by atoms with Crippen molar-refractivity contribution in [1.82, 2.24) is 20.0 Å². The molecule has 1 aromatic carbocycles. The van der Waals surface area contributed by atoms with E-state index in [2.05, 4.69) is 27.2 Å². The first-order valence-corrected chi connectivity index (χ1v) is 11.7. The summed E-state index contributed by atoms with van der Waals surface area (Å²) in [6.45, 7) is 8.71. The number of ether oxygens (including phenoxy) is 1. The predicted octanol–water partition coefficient (Wildman–Crippen LogP) is 2.29. The molecule has 3 saturated heterocycles. The highest BCUT2D eigenvalue weighted by molar-refractivity contribution is 6.07. The number of hydrogen-bond acceptors (Lipinski definition) is 6. The van der Waals surface area contributed by atoms with Crippen LogP contribution in [0.4, 0.5) is 4.79 Å². The number of likely N-dealkylation sites (tertiary alicyclic amines) is 1. The maximum absolute atomic E-state index is 13.3. The zero-order valence-electron chi connectivity index (χ0n) is 18.7. The van der Waals surface area contributed by atoms with Gasteiger partial charge in [-0.25, -0.2) is 4.79 Å². The number of hydrogen-bond donors (Lipinski definition) is 1. The quantitative estimate of drug-likeness (QED) is 0.695. The molecule has 0 spiro atoms. The number of piperidine rings is 1. The van der Waals surface area contributed by atoms with Gasteiger partial charge in [0.25, 0.3) is 5.91 Å². The third-order valence-corrected chi connectivity index (χ3v) is 7.30. The molecular formula is C24H32N4O4. The van der Waals surface area contributed by atoms with Crippen molar-refractivity contribution in [3.63, 3.8) is 0 Å². The number of furan rings is 1. The van der Waals surface area contributed by atoms with Gasteiger partial charge >= 0.3 is 6.03 Å². The van der Waals surface area contributed by atoms with E-state index in [1.165, 1.54) is 4.90 Å². The Labute approximate surface area is 188 Å². The van der Waals surface area contributed by atoms with Crippen molar-refractivity contribution in [2.75, 3.05) is 52.5 Å². The van der Waals surface area contributed by atoms with Gasteiger partial charge in [-0.3, -0.25) is 19.5 Å². The molecule has 3 amide bonds. The number of imide groups is 1. The molecule has 1 N–H and O–H groups in total. The Balaban J connectivity index is 1.16. The van der Waals surface area contributed by atoms with E-state index >= 15 is 0 Å². The van der Waals surface area contributed by atoms with E-state index in [0.717, 1.165) is 62.3 Å². The third kappa shape index (κ3) is 4.14. The normalized spacial score (nSPS) is 26.2. The fourth-order valence-electron chi connectivity index (χ4n) is 5.27. The van der Waals surface area contributed by atoms with Gasteiger partial charge in [0.15, 0.2) is 0 Å². The first-order chi connectivity index (χ1) is 15.5. The van der Waals surface area contributed by atoms with Gasteiger partial charge < -0.3 is 14.5 Å². The molecule has 3 aliphatic rings. The summed E-state index contributed by atoms with van der Waals surface area (Å²) in [6, 6.07) is 9.91. The molecule has 2 aromatic rings. The largest absolute Gasteiger partial charge is 0.460 e. The minimum Gasteiger partial charge on any atom is -0.460 e. The van der Waals surface area contributed by atoms with Crippen molar-refractivity contribution >= 4 is 22.9 Å². The minimum absolute atomic E-state index is 0.0773. The Morgan fingerprint density at radius 3 is 2.53 bits per heavy atom. The molecule has 5 rings (SSSR count). The van der Waals surface area contributed by atoms with Crippen LogP contribution >= 0.6 is 0 Å². The molecule has 0 saturated carbocycles. The molecule has 0 aliphatic carbocycles. The summed E-state index contributed by atoms with van der Waals surface area (Å²) in [5, 5.41) is 4.15. The monoisotopic (exact) mass is 440 g/mol. The van der Waals surface area contributed by atoms with Gasteiger partial charge in [-0.1, -0.05) is 18.2 Å². The third-order valence-electron chi connectivity index (χ3n) is 7.30. The molecule has 32 heavy (non-hydrogen) atoms. The highest BCUT2D eigenvalue weighted by Gasteiger charge is 2.52. The zero-order valence-corrected chi connectivity index (χ0v) is 18.7. The lowest BCUT2D eigenvalue weighted by atomic mass is 9.79. The minimum atomic E-state index is -0.812. The second-order valence-corrected chi connectivity index (χ2v) is 9.34. The Kier molecular flexibility index (Phi) is 5.92. The molecule has 1 aromatic heterocycles. The molecule has 0 radical (unpaired) electrons. The van der Waals surface area contributed by atoms with E-state index in [4.69, 9.17) is 9.15 Å². The Hall–Kier alpha value is -2.42. The van der Waals surface area contributed by atoms with Crippen molar-refractivity contribution in [3.8, 4) is 0 Å². The topological polar surface area (TPSA) is 78.3 Å². The van der Waals surface area contributed by atoms with Crippen LogP contribution in [0.15, 0.2) is 34.7 Å². The van der Waals surface area contributed by atoms with Crippen LogP contribution in [0.25, 0.3) is 11.0 Å². The Morgan fingerprint density at radius 1 is 1.03 bits per heavy atom. The Bertz CT molecular complexity index is 944. The average Bonchev–Trinajstić information content (AvgIpc) is 3.31. The highest BCUT2D eigenvalue weighted by atomic mass is 16.5. The first-order valence-electron chi connectivity index (χ1n) is 11.7. The lowest BCUT2D eigenvalue weighted by Crippen LogP contribution is -2.54. The van der Waals surface area contributed by atoms with Gasteiger partial charge in [-0.2, -0.15) is 0 Å². The highest BCUT2D eigenvalue weighted by Crippen LogP contribution is 2.34. The van der Waals surface area contributed by atoms with E-state index in [-0.39, 0.29) is 17.9 Å². The molecule has 1 atom stereocenters. The second-order valence-electron chi connectivity index (χ2n) is 9.34. The molecule has 172 valence electrons. The molecule has 0 bridgehead atoms. The molecule has 8 nitrogen and oxygen atoms in total. The molecule has 4 heterocycles. The lowest BCUT2D eigenvalue weighted by Gasteiger charge is -2.38. The van der Waals surface area contributed by atoms with E-state index in [0.29, 0.717) is 26.3 Å². The predicted molar refractivity (Wildman–Crippen MR) is 120 cm³/mol. The van der Waals surface area contributed by atoms with Gasteiger partial charge in [0, 0.05) is 31.6 Å². The number of morpholine rings is 1. The van der Waals surface area contributed by atoms with Crippen molar-refractivity contribution in [3.05, 3.63) is 36.1 Å². The summed E-state index contributed by atoms with van der Waals surface area (Å²) < 4.78 is 11.3. The number of benzene rings is 1.